The lowest BCUT2D eigenvalue weighted by atomic mass is 10.1. The van der Waals surface area contributed by atoms with Crippen molar-refractivity contribution in [3.8, 4) is 0 Å². The quantitative estimate of drug-likeness (QED) is 0.815. The molecule has 1 aromatic rings. The van der Waals surface area contributed by atoms with Crippen molar-refractivity contribution in [2.75, 3.05) is 38.5 Å². The minimum absolute atomic E-state index is 0. The number of halogens is 1. The third kappa shape index (κ3) is 5.32. The first-order valence-corrected chi connectivity index (χ1v) is 7.75. The number of nitrogen functional groups attached to an aromatic ring is 1. The summed E-state index contributed by atoms with van der Waals surface area (Å²) >= 11 is 0. The summed E-state index contributed by atoms with van der Waals surface area (Å²) in [5, 5.41) is 2.78. The van der Waals surface area contributed by atoms with Gasteiger partial charge in [-0.2, -0.15) is 0 Å². The summed E-state index contributed by atoms with van der Waals surface area (Å²) < 4.78 is 0. The molecule has 1 aliphatic heterocycles. The second-order valence-corrected chi connectivity index (χ2v) is 5.40. The van der Waals surface area contributed by atoms with Crippen LogP contribution in [0.5, 0.6) is 0 Å². The number of nitrogens with two attached hydrogens (primary N) is 1. The number of anilines is 1. The van der Waals surface area contributed by atoms with Crippen LogP contribution >= 0.6 is 12.4 Å². The van der Waals surface area contributed by atoms with Gasteiger partial charge in [-0.15, -0.1) is 12.4 Å². The zero-order chi connectivity index (χ0) is 15.9. The average molecular weight is 341 g/mol. The monoisotopic (exact) mass is 340 g/mol. The number of benzene rings is 1. The van der Waals surface area contributed by atoms with Crippen molar-refractivity contribution in [1.82, 2.24) is 15.1 Å². The molecule has 0 atom stereocenters. The first-order chi connectivity index (χ1) is 10.6. The molecule has 0 unspecified atom stereocenters. The lowest BCUT2D eigenvalue weighted by Gasteiger charge is -2.34. The highest BCUT2D eigenvalue weighted by Gasteiger charge is 2.23. The number of piperazine rings is 1. The fourth-order valence-electron chi connectivity index (χ4n) is 2.58. The predicted octanol–water partition coefficient (Wildman–Crippen LogP) is 1.50. The second-order valence-electron chi connectivity index (χ2n) is 5.40. The number of aryl methyl sites for hydroxylation is 1. The van der Waals surface area contributed by atoms with Crippen LogP contribution in [0.15, 0.2) is 24.3 Å². The Labute approximate surface area is 143 Å². The van der Waals surface area contributed by atoms with E-state index in [4.69, 9.17) is 5.73 Å². The summed E-state index contributed by atoms with van der Waals surface area (Å²) in [5.41, 5.74) is 7.63. The number of para-hydroxylation sites is 1. The average Bonchev–Trinajstić information content (AvgIpc) is 2.54. The van der Waals surface area contributed by atoms with Gasteiger partial charge >= 0.3 is 6.03 Å². The van der Waals surface area contributed by atoms with Crippen molar-refractivity contribution in [3.05, 3.63) is 29.8 Å². The van der Waals surface area contributed by atoms with Crippen molar-refractivity contribution in [3.63, 3.8) is 0 Å². The van der Waals surface area contributed by atoms with E-state index in [2.05, 4.69) is 5.32 Å². The van der Waals surface area contributed by atoms with Gasteiger partial charge in [0.2, 0.25) is 5.91 Å². The van der Waals surface area contributed by atoms with E-state index >= 15 is 0 Å². The van der Waals surface area contributed by atoms with E-state index in [0.29, 0.717) is 45.6 Å². The van der Waals surface area contributed by atoms with Crippen LogP contribution in [0.1, 0.15) is 18.9 Å². The maximum absolute atomic E-state index is 12.3. The minimum atomic E-state index is -0.0494. The number of urea groups is 1. The molecule has 0 spiro atoms. The smallest absolute Gasteiger partial charge is 0.317 e. The molecule has 1 fully saturated rings. The molecule has 6 nitrogen and oxygen atoms in total. The van der Waals surface area contributed by atoms with Crippen molar-refractivity contribution < 1.29 is 9.59 Å². The fourth-order valence-corrected chi connectivity index (χ4v) is 2.58. The van der Waals surface area contributed by atoms with E-state index in [1.54, 1.807) is 4.90 Å². The van der Waals surface area contributed by atoms with Gasteiger partial charge in [-0.1, -0.05) is 18.2 Å². The molecule has 128 valence electrons. The Morgan fingerprint density at radius 1 is 1.13 bits per heavy atom. The molecule has 7 heteroatoms. The van der Waals surface area contributed by atoms with Gasteiger partial charge in [0.15, 0.2) is 0 Å². The van der Waals surface area contributed by atoms with Crippen LogP contribution < -0.4 is 11.1 Å². The molecule has 23 heavy (non-hydrogen) atoms. The van der Waals surface area contributed by atoms with Gasteiger partial charge < -0.3 is 20.9 Å². The molecule has 2 rings (SSSR count). The highest BCUT2D eigenvalue weighted by molar-refractivity contribution is 5.85. The highest BCUT2D eigenvalue weighted by atomic mass is 35.5. The number of rotatable bonds is 4. The van der Waals surface area contributed by atoms with E-state index in [1.807, 2.05) is 36.1 Å². The molecule has 3 N–H and O–H groups in total. The summed E-state index contributed by atoms with van der Waals surface area (Å²) in [6.45, 7) is 4.89. The van der Waals surface area contributed by atoms with E-state index in [-0.39, 0.29) is 24.3 Å². The van der Waals surface area contributed by atoms with Crippen LogP contribution in [-0.2, 0) is 11.2 Å². The first-order valence-electron chi connectivity index (χ1n) is 7.75. The van der Waals surface area contributed by atoms with Crippen LogP contribution in [0.25, 0.3) is 0 Å². The van der Waals surface area contributed by atoms with Crippen LogP contribution in [0.2, 0.25) is 0 Å². The minimum Gasteiger partial charge on any atom is -0.399 e. The SMILES string of the molecule is CCNC(=O)N1CCN(C(=O)CCc2ccccc2N)CC1.Cl. The van der Waals surface area contributed by atoms with E-state index < -0.39 is 0 Å². The van der Waals surface area contributed by atoms with E-state index in [9.17, 15) is 9.59 Å². The van der Waals surface area contributed by atoms with Crippen LogP contribution in [0.4, 0.5) is 10.5 Å². The van der Waals surface area contributed by atoms with Gasteiger partial charge in [0.25, 0.3) is 0 Å². The topological polar surface area (TPSA) is 78.7 Å². The Morgan fingerprint density at radius 3 is 2.35 bits per heavy atom. The third-order valence-corrected chi connectivity index (χ3v) is 3.91. The summed E-state index contributed by atoms with van der Waals surface area (Å²) in [4.78, 5) is 27.6. The molecular weight excluding hydrogens is 316 g/mol. The molecule has 1 saturated heterocycles. The number of nitrogens with one attached hydrogen (secondary N) is 1. The van der Waals surface area contributed by atoms with Crippen molar-refractivity contribution in [1.29, 1.82) is 0 Å². The summed E-state index contributed by atoms with van der Waals surface area (Å²) in [7, 11) is 0. The lowest BCUT2D eigenvalue weighted by Crippen LogP contribution is -2.53. The van der Waals surface area contributed by atoms with Crippen LogP contribution in [0, 0.1) is 0 Å². The van der Waals surface area contributed by atoms with Gasteiger partial charge in [-0.25, -0.2) is 4.79 Å². The largest absolute Gasteiger partial charge is 0.399 e. The normalized spacial score (nSPS) is 14.1. The number of amides is 3. The number of carbonyl (C=O) groups excluding carboxylic acids is 2. The Kier molecular flexibility index (Phi) is 7.68. The summed E-state index contributed by atoms with van der Waals surface area (Å²) in [6.07, 6.45) is 1.11. The standard InChI is InChI=1S/C16H24N4O2.ClH/c1-2-18-16(22)20-11-9-19(10-12-20)15(21)8-7-13-5-3-4-6-14(13)17;/h3-6H,2,7-12,17H2,1H3,(H,18,22);1H. The Balaban J connectivity index is 0.00000264. The summed E-state index contributed by atoms with van der Waals surface area (Å²) in [6, 6.07) is 7.58. The van der Waals surface area contributed by atoms with Crippen LogP contribution in [0.3, 0.4) is 0 Å². The third-order valence-electron chi connectivity index (χ3n) is 3.91. The van der Waals surface area contributed by atoms with Crippen molar-refractivity contribution in [2.45, 2.75) is 19.8 Å². The maximum Gasteiger partial charge on any atom is 0.317 e. The van der Waals surface area contributed by atoms with E-state index in [1.165, 1.54) is 0 Å². The molecule has 3 amide bonds. The molecule has 1 heterocycles. The number of carbonyl (C=O) groups is 2. The molecule has 0 bridgehead atoms. The van der Waals surface area contributed by atoms with Gasteiger partial charge in [0, 0.05) is 44.8 Å². The number of hydrogen-bond donors (Lipinski definition) is 2. The summed E-state index contributed by atoms with van der Waals surface area (Å²) in [5.74, 6) is 0.124. The highest BCUT2D eigenvalue weighted by Crippen LogP contribution is 2.14. The molecular formula is C16H25ClN4O2. The molecule has 0 aromatic heterocycles. The fraction of sp³-hybridized carbons (Fsp3) is 0.500. The van der Waals surface area contributed by atoms with Crippen molar-refractivity contribution >= 4 is 30.0 Å². The van der Waals surface area contributed by atoms with Gasteiger partial charge in [0.1, 0.15) is 0 Å². The Morgan fingerprint density at radius 2 is 1.74 bits per heavy atom. The molecule has 0 saturated carbocycles. The van der Waals surface area contributed by atoms with E-state index in [0.717, 1.165) is 11.3 Å². The van der Waals surface area contributed by atoms with Crippen molar-refractivity contribution in [2.24, 2.45) is 0 Å². The predicted molar refractivity (Wildman–Crippen MR) is 93.6 cm³/mol. The second kappa shape index (κ2) is 9.25. The van der Waals surface area contributed by atoms with Gasteiger partial charge in [-0.3, -0.25) is 4.79 Å². The molecule has 0 radical (unpaired) electrons. The zero-order valence-electron chi connectivity index (χ0n) is 13.5. The number of hydrogen-bond acceptors (Lipinski definition) is 3. The lowest BCUT2D eigenvalue weighted by molar-refractivity contribution is -0.132. The maximum atomic E-state index is 12.3. The van der Waals surface area contributed by atoms with Gasteiger partial charge in [0.05, 0.1) is 0 Å². The molecule has 1 aliphatic rings. The van der Waals surface area contributed by atoms with Gasteiger partial charge in [-0.05, 0) is 25.0 Å². The van der Waals surface area contributed by atoms with Crippen LogP contribution in [-0.4, -0.2) is 54.5 Å². The first kappa shape index (κ1) is 19.1. The Hall–Kier alpha value is -1.95. The molecule has 0 aliphatic carbocycles. The number of nitrogens with zero attached hydrogens (tertiary/aromatic N) is 2. The molecule has 1 aromatic carbocycles. The zero-order valence-corrected chi connectivity index (χ0v) is 14.3. The Bertz CT molecular complexity index is 531.